The first-order valence-electron chi connectivity index (χ1n) is 7.28. The average molecular weight is 371 g/mol. The molecule has 0 aliphatic rings. The Morgan fingerprint density at radius 1 is 1.04 bits per heavy atom. The van der Waals surface area contributed by atoms with Crippen molar-refractivity contribution in [3.05, 3.63) is 59.7 Å². The zero-order valence-electron chi connectivity index (χ0n) is 13.3. The molecule has 0 unspecified atom stereocenters. The highest BCUT2D eigenvalue weighted by atomic mass is 19.3. The van der Waals surface area contributed by atoms with Gasteiger partial charge in [-0.25, -0.2) is 13.6 Å². The minimum Gasteiger partial charge on any atom is -0.449 e. The number of carbonyl (C=O) groups is 2. The SMILES string of the molecule is C[C@H](OC(=O)c1ccc(OC(F)F)cc1)C(=O)Nc1cc(F)ccc1F. The normalized spacial score (nSPS) is 11.8. The Morgan fingerprint density at radius 3 is 2.31 bits per heavy atom. The fraction of sp³-hybridized carbons (Fsp3) is 0.176. The third-order valence-corrected chi connectivity index (χ3v) is 3.15. The molecular weight excluding hydrogens is 358 g/mol. The van der Waals surface area contributed by atoms with Crippen molar-refractivity contribution in [3.63, 3.8) is 0 Å². The molecule has 0 heterocycles. The molecule has 0 fully saturated rings. The second kappa shape index (κ2) is 8.32. The number of halogens is 4. The van der Waals surface area contributed by atoms with Crippen molar-refractivity contribution in [1.29, 1.82) is 0 Å². The Morgan fingerprint density at radius 2 is 1.69 bits per heavy atom. The second-order valence-electron chi connectivity index (χ2n) is 5.06. The first-order valence-corrected chi connectivity index (χ1v) is 7.28. The molecule has 9 heteroatoms. The lowest BCUT2D eigenvalue weighted by Crippen LogP contribution is -2.30. The molecule has 1 atom stereocenters. The van der Waals surface area contributed by atoms with E-state index in [4.69, 9.17) is 4.74 Å². The van der Waals surface area contributed by atoms with E-state index in [1.54, 1.807) is 0 Å². The average Bonchev–Trinajstić information content (AvgIpc) is 2.58. The lowest BCUT2D eigenvalue weighted by molar-refractivity contribution is -0.123. The minimum absolute atomic E-state index is 0.0109. The van der Waals surface area contributed by atoms with Crippen molar-refractivity contribution in [2.75, 3.05) is 5.32 Å². The number of carbonyl (C=O) groups excluding carboxylic acids is 2. The Kier molecular flexibility index (Phi) is 6.16. The first kappa shape index (κ1) is 19.2. The van der Waals surface area contributed by atoms with Crippen LogP contribution in [0.4, 0.5) is 23.2 Å². The van der Waals surface area contributed by atoms with Gasteiger partial charge in [0.2, 0.25) is 0 Å². The van der Waals surface area contributed by atoms with E-state index in [0.717, 1.165) is 30.3 Å². The van der Waals surface area contributed by atoms with Crippen molar-refractivity contribution in [3.8, 4) is 5.75 Å². The van der Waals surface area contributed by atoms with Crippen LogP contribution >= 0.6 is 0 Å². The van der Waals surface area contributed by atoms with Crippen LogP contribution < -0.4 is 10.1 Å². The van der Waals surface area contributed by atoms with E-state index in [-0.39, 0.29) is 11.3 Å². The quantitative estimate of drug-likeness (QED) is 0.621. The van der Waals surface area contributed by atoms with Crippen molar-refractivity contribution in [1.82, 2.24) is 0 Å². The van der Waals surface area contributed by atoms with Crippen molar-refractivity contribution < 1.29 is 36.6 Å². The fourth-order valence-corrected chi connectivity index (χ4v) is 1.88. The monoisotopic (exact) mass is 371 g/mol. The van der Waals surface area contributed by atoms with Gasteiger partial charge in [-0.15, -0.1) is 0 Å². The highest BCUT2D eigenvalue weighted by Crippen LogP contribution is 2.17. The van der Waals surface area contributed by atoms with E-state index < -0.39 is 41.9 Å². The smallest absolute Gasteiger partial charge is 0.387 e. The van der Waals surface area contributed by atoms with E-state index >= 15 is 0 Å². The maximum atomic E-state index is 13.5. The summed E-state index contributed by atoms with van der Waals surface area (Å²) in [6, 6.07) is 7.13. The lowest BCUT2D eigenvalue weighted by Gasteiger charge is -2.14. The van der Waals surface area contributed by atoms with Gasteiger partial charge in [0.15, 0.2) is 6.10 Å². The molecule has 0 aliphatic carbocycles. The van der Waals surface area contributed by atoms with Gasteiger partial charge in [0.05, 0.1) is 11.3 Å². The van der Waals surface area contributed by atoms with Gasteiger partial charge in [-0.05, 0) is 43.3 Å². The van der Waals surface area contributed by atoms with Crippen LogP contribution in [-0.2, 0) is 9.53 Å². The molecule has 0 saturated heterocycles. The maximum Gasteiger partial charge on any atom is 0.387 e. The van der Waals surface area contributed by atoms with Crippen molar-refractivity contribution in [2.24, 2.45) is 0 Å². The predicted molar refractivity (Wildman–Crippen MR) is 82.9 cm³/mol. The third-order valence-electron chi connectivity index (χ3n) is 3.15. The molecule has 5 nitrogen and oxygen atoms in total. The molecule has 0 bridgehead atoms. The molecule has 0 aromatic heterocycles. The van der Waals surface area contributed by atoms with Gasteiger partial charge in [0.25, 0.3) is 5.91 Å². The van der Waals surface area contributed by atoms with E-state index in [1.165, 1.54) is 19.1 Å². The number of alkyl halides is 2. The van der Waals surface area contributed by atoms with Crippen molar-refractivity contribution in [2.45, 2.75) is 19.6 Å². The van der Waals surface area contributed by atoms with Crippen molar-refractivity contribution >= 4 is 17.6 Å². The number of anilines is 1. The lowest BCUT2D eigenvalue weighted by atomic mass is 10.2. The Bertz CT molecular complexity index is 796. The number of amides is 1. The number of esters is 1. The summed E-state index contributed by atoms with van der Waals surface area (Å²) < 4.78 is 59.7. The Balaban J connectivity index is 1.97. The first-order chi connectivity index (χ1) is 12.3. The van der Waals surface area contributed by atoms with Crippen LogP contribution in [0.2, 0.25) is 0 Å². The molecule has 2 aromatic rings. The molecule has 0 saturated carbocycles. The molecule has 0 spiro atoms. The molecule has 138 valence electrons. The van der Waals surface area contributed by atoms with Gasteiger partial charge >= 0.3 is 12.6 Å². The van der Waals surface area contributed by atoms with Crippen LogP contribution in [0.15, 0.2) is 42.5 Å². The van der Waals surface area contributed by atoms with E-state index in [0.29, 0.717) is 0 Å². The molecule has 0 aliphatic heterocycles. The van der Waals surface area contributed by atoms with E-state index in [1.807, 2.05) is 0 Å². The van der Waals surface area contributed by atoms with Gasteiger partial charge in [0, 0.05) is 6.07 Å². The summed E-state index contributed by atoms with van der Waals surface area (Å²) in [5.41, 5.74) is -0.408. The summed E-state index contributed by atoms with van der Waals surface area (Å²) in [7, 11) is 0. The van der Waals surface area contributed by atoms with Gasteiger partial charge < -0.3 is 14.8 Å². The van der Waals surface area contributed by atoms with Crippen LogP contribution in [0.25, 0.3) is 0 Å². The summed E-state index contributed by atoms with van der Waals surface area (Å²) in [6.45, 7) is -1.77. The molecule has 1 N–H and O–H groups in total. The number of hydrogen-bond donors (Lipinski definition) is 1. The number of ether oxygens (including phenoxy) is 2. The van der Waals surface area contributed by atoms with E-state index in [9.17, 15) is 27.2 Å². The van der Waals surface area contributed by atoms with E-state index in [2.05, 4.69) is 10.1 Å². The summed E-state index contributed by atoms with van der Waals surface area (Å²) in [5, 5.41) is 2.10. The number of hydrogen-bond acceptors (Lipinski definition) is 4. The second-order valence-corrected chi connectivity index (χ2v) is 5.06. The summed E-state index contributed by atoms with van der Waals surface area (Å²) in [5.74, 6) is -3.54. The molecule has 2 aromatic carbocycles. The number of rotatable bonds is 6. The Hall–Kier alpha value is -3.10. The highest BCUT2D eigenvalue weighted by Gasteiger charge is 2.20. The third kappa shape index (κ3) is 5.20. The van der Waals surface area contributed by atoms with Gasteiger partial charge in [0.1, 0.15) is 17.4 Å². The van der Waals surface area contributed by atoms with Gasteiger partial charge in [-0.3, -0.25) is 4.79 Å². The molecule has 1 amide bonds. The van der Waals surface area contributed by atoms with Crippen LogP contribution in [0.5, 0.6) is 5.75 Å². The highest BCUT2D eigenvalue weighted by molar-refractivity contribution is 5.97. The number of benzene rings is 2. The van der Waals surface area contributed by atoms with Crippen LogP contribution in [0.1, 0.15) is 17.3 Å². The standard InChI is InChI=1S/C17H13F4NO4/c1-9(15(23)22-14-8-11(18)4-7-13(14)19)25-16(24)10-2-5-12(6-3-10)26-17(20)21/h2-9,17H,1H3,(H,22,23)/t9-/m0/s1. The summed E-state index contributed by atoms with van der Waals surface area (Å²) in [6.07, 6.45) is -1.32. The largest absolute Gasteiger partial charge is 0.449 e. The van der Waals surface area contributed by atoms with Crippen LogP contribution in [0.3, 0.4) is 0 Å². The summed E-state index contributed by atoms with van der Waals surface area (Å²) >= 11 is 0. The zero-order valence-corrected chi connectivity index (χ0v) is 13.3. The van der Waals surface area contributed by atoms with Crippen LogP contribution in [0, 0.1) is 11.6 Å². The zero-order chi connectivity index (χ0) is 19.3. The van der Waals surface area contributed by atoms with Crippen LogP contribution in [-0.4, -0.2) is 24.6 Å². The maximum absolute atomic E-state index is 13.5. The predicted octanol–water partition coefficient (Wildman–Crippen LogP) is 3.75. The molecule has 26 heavy (non-hydrogen) atoms. The minimum atomic E-state index is -3.00. The topological polar surface area (TPSA) is 64.6 Å². The number of nitrogens with one attached hydrogen (secondary N) is 1. The molecular formula is C17H13F4NO4. The Labute approximate surface area is 145 Å². The summed E-state index contributed by atoms with van der Waals surface area (Å²) in [4.78, 5) is 23.9. The van der Waals surface area contributed by atoms with Gasteiger partial charge in [-0.1, -0.05) is 0 Å². The molecule has 2 rings (SSSR count). The molecule has 0 radical (unpaired) electrons. The fourth-order valence-electron chi connectivity index (χ4n) is 1.88. The van der Waals surface area contributed by atoms with Gasteiger partial charge in [-0.2, -0.15) is 8.78 Å².